The van der Waals surface area contributed by atoms with E-state index in [-0.39, 0.29) is 29.1 Å². The second-order valence-corrected chi connectivity index (χ2v) is 7.78. The van der Waals surface area contributed by atoms with Crippen LogP contribution in [-0.2, 0) is 4.79 Å². The number of furan rings is 1. The molecule has 3 aromatic rings. The average molecular weight is 444 g/mol. The van der Waals surface area contributed by atoms with Gasteiger partial charge in [-0.15, -0.1) is 0 Å². The number of thioether (sulfide) groups is 1. The Morgan fingerprint density at radius 2 is 1.90 bits per heavy atom. The Bertz CT molecular complexity index is 1130. The molecule has 1 saturated heterocycles. The maximum absolute atomic E-state index is 12.9. The first-order valence-corrected chi connectivity index (χ1v) is 10.2. The van der Waals surface area contributed by atoms with Crippen LogP contribution in [0.4, 0.5) is 9.18 Å². The zero-order valence-corrected chi connectivity index (χ0v) is 17.1. The third-order valence-corrected chi connectivity index (χ3v) is 5.42. The van der Waals surface area contributed by atoms with Gasteiger partial charge in [0.05, 0.1) is 11.4 Å². The van der Waals surface area contributed by atoms with Crippen LogP contribution in [0.1, 0.15) is 5.76 Å². The van der Waals surface area contributed by atoms with Crippen molar-refractivity contribution in [3.63, 3.8) is 0 Å². The number of carbonyl (C=O) groups is 2. The highest BCUT2D eigenvalue weighted by molar-refractivity contribution is 8.18. The summed E-state index contributed by atoms with van der Waals surface area (Å²) in [6.07, 6.45) is 1.54. The first-order valence-electron chi connectivity index (χ1n) is 8.99. The lowest BCUT2D eigenvalue weighted by molar-refractivity contribution is -0.123. The van der Waals surface area contributed by atoms with Crippen LogP contribution in [0, 0.1) is 5.82 Å². The molecular formula is C22H15ClFNO4S. The Labute approximate surface area is 181 Å². The second kappa shape index (κ2) is 8.77. The Hall–Kier alpha value is -3.03. The fourth-order valence-corrected chi connectivity index (χ4v) is 3.87. The Morgan fingerprint density at radius 3 is 2.67 bits per heavy atom. The summed E-state index contributed by atoms with van der Waals surface area (Å²) in [6.45, 7) is 0.196. The molecule has 2 aromatic carbocycles. The molecule has 4 rings (SSSR count). The number of ether oxygens (including phenoxy) is 1. The van der Waals surface area contributed by atoms with E-state index in [9.17, 15) is 14.0 Å². The number of halogens is 2. The molecule has 0 saturated carbocycles. The fourth-order valence-electron chi connectivity index (χ4n) is 2.83. The lowest BCUT2D eigenvalue weighted by atomic mass is 10.2. The third-order valence-electron chi connectivity index (χ3n) is 4.28. The van der Waals surface area contributed by atoms with E-state index in [2.05, 4.69) is 0 Å². The second-order valence-electron chi connectivity index (χ2n) is 6.35. The molecule has 0 atom stereocenters. The van der Waals surface area contributed by atoms with E-state index in [0.29, 0.717) is 22.3 Å². The van der Waals surface area contributed by atoms with Gasteiger partial charge in [0.1, 0.15) is 29.7 Å². The number of hydrogen-bond acceptors (Lipinski definition) is 5. The molecule has 1 aromatic heterocycles. The summed E-state index contributed by atoms with van der Waals surface area (Å²) in [7, 11) is 0. The van der Waals surface area contributed by atoms with Crippen molar-refractivity contribution in [1.82, 2.24) is 4.90 Å². The molecule has 5 nitrogen and oxygen atoms in total. The predicted molar refractivity (Wildman–Crippen MR) is 114 cm³/mol. The van der Waals surface area contributed by atoms with E-state index >= 15 is 0 Å². The fraction of sp³-hybridized carbons (Fsp3) is 0.0909. The van der Waals surface area contributed by atoms with Crippen molar-refractivity contribution in [3.05, 3.63) is 82.2 Å². The lowest BCUT2D eigenvalue weighted by Crippen LogP contribution is -2.32. The Morgan fingerprint density at radius 1 is 1.10 bits per heavy atom. The minimum absolute atomic E-state index is 0.0886. The SMILES string of the molecule is O=C1S/C(=C\c2ccc(-c3cccc(Cl)c3)o2)C(=O)N1CCOc1ccc(F)cc1. The minimum Gasteiger partial charge on any atom is -0.492 e. The molecule has 1 fully saturated rings. The maximum atomic E-state index is 12.9. The summed E-state index contributed by atoms with van der Waals surface area (Å²) in [5.74, 6) is 0.750. The lowest BCUT2D eigenvalue weighted by Gasteiger charge is -2.13. The highest BCUT2D eigenvalue weighted by Crippen LogP contribution is 2.33. The molecule has 0 spiro atoms. The number of benzene rings is 2. The first kappa shape index (κ1) is 20.3. The normalized spacial score (nSPS) is 15.3. The van der Waals surface area contributed by atoms with Crippen LogP contribution in [0.2, 0.25) is 5.02 Å². The Kier molecular flexibility index (Phi) is 5.92. The van der Waals surface area contributed by atoms with Gasteiger partial charge in [-0.05, 0) is 60.3 Å². The smallest absolute Gasteiger partial charge is 0.293 e. The molecule has 0 radical (unpaired) electrons. The van der Waals surface area contributed by atoms with Gasteiger partial charge < -0.3 is 9.15 Å². The molecule has 2 heterocycles. The number of hydrogen-bond donors (Lipinski definition) is 0. The highest BCUT2D eigenvalue weighted by atomic mass is 35.5. The molecule has 1 aliphatic heterocycles. The number of amides is 2. The number of rotatable bonds is 6. The monoisotopic (exact) mass is 443 g/mol. The van der Waals surface area contributed by atoms with Crippen molar-refractivity contribution in [3.8, 4) is 17.1 Å². The minimum atomic E-state index is -0.409. The number of carbonyl (C=O) groups excluding carboxylic acids is 2. The summed E-state index contributed by atoms with van der Waals surface area (Å²) in [4.78, 5) is 26.2. The zero-order chi connectivity index (χ0) is 21.1. The average Bonchev–Trinajstić information content (AvgIpc) is 3.29. The summed E-state index contributed by atoms with van der Waals surface area (Å²) in [6, 6.07) is 16.3. The van der Waals surface area contributed by atoms with Crippen LogP contribution in [-0.4, -0.2) is 29.2 Å². The predicted octanol–water partition coefficient (Wildman–Crippen LogP) is 5.85. The molecule has 0 aliphatic carbocycles. The molecule has 8 heteroatoms. The summed E-state index contributed by atoms with van der Waals surface area (Å²) in [5.41, 5.74) is 0.813. The first-order chi connectivity index (χ1) is 14.5. The molecule has 1 aliphatic rings. The molecular weight excluding hydrogens is 429 g/mol. The number of nitrogens with zero attached hydrogens (tertiary/aromatic N) is 1. The zero-order valence-electron chi connectivity index (χ0n) is 15.5. The molecule has 2 amide bonds. The largest absolute Gasteiger partial charge is 0.492 e. The van der Waals surface area contributed by atoms with Crippen molar-refractivity contribution in [2.24, 2.45) is 0 Å². The molecule has 0 unspecified atom stereocenters. The molecule has 0 N–H and O–H groups in total. The van der Waals surface area contributed by atoms with Crippen LogP contribution in [0.15, 0.2) is 70.0 Å². The van der Waals surface area contributed by atoms with Crippen LogP contribution >= 0.6 is 23.4 Å². The van der Waals surface area contributed by atoms with Crippen molar-refractivity contribution in [2.45, 2.75) is 0 Å². The van der Waals surface area contributed by atoms with Crippen molar-refractivity contribution >= 4 is 40.6 Å². The van der Waals surface area contributed by atoms with Crippen molar-refractivity contribution in [2.75, 3.05) is 13.2 Å². The Balaban J connectivity index is 1.41. The van der Waals surface area contributed by atoms with Gasteiger partial charge in [0, 0.05) is 16.7 Å². The summed E-state index contributed by atoms with van der Waals surface area (Å²) in [5, 5.41) is 0.213. The quantitative estimate of drug-likeness (QED) is 0.447. The van der Waals surface area contributed by atoms with E-state index in [0.717, 1.165) is 22.2 Å². The van der Waals surface area contributed by atoms with Gasteiger partial charge in [0.25, 0.3) is 11.1 Å². The van der Waals surface area contributed by atoms with Gasteiger partial charge in [-0.3, -0.25) is 14.5 Å². The van der Waals surface area contributed by atoms with Gasteiger partial charge in [-0.25, -0.2) is 4.39 Å². The van der Waals surface area contributed by atoms with E-state index in [1.807, 2.05) is 12.1 Å². The molecule has 30 heavy (non-hydrogen) atoms. The van der Waals surface area contributed by atoms with E-state index in [1.165, 1.54) is 24.3 Å². The van der Waals surface area contributed by atoms with Crippen LogP contribution in [0.25, 0.3) is 17.4 Å². The topological polar surface area (TPSA) is 59.8 Å². The van der Waals surface area contributed by atoms with E-state index in [4.69, 9.17) is 20.8 Å². The van der Waals surface area contributed by atoms with Gasteiger partial charge in [-0.1, -0.05) is 23.7 Å². The van der Waals surface area contributed by atoms with Gasteiger partial charge in [0.15, 0.2) is 0 Å². The van der Waals surface area contributed by atoms with Crippen LogP contribution in [0.5, 0.6) is 5.75 Å². The third kappa shape index (κ3) is 4.58. The standard InChI is InChI=1S/C22H15ClFNO4S/c23-15-3-1-2-14(12-15)19-9-8-18(29-19)13-20-21(26)25(22(27)30-20)10-11-28-17-6-4-16(24)5-7-17/h1-9,12-13H,10-11H2/b20-13-. The highest BCUT2D eigenvalue weighted by Gasteiger charge is 2.35. The molecule has 152 valence electrons. The number of imide groups is 1. The van der Waals surface area contributed by atoms with Crippen molar-refractivity contribution < 1.29 is 23.1 Å². The summed E-state index contributed by atoms with van der Waals surface area (Å²) < 4.78 is 24.2. The van der Waals surface area contributed by atoms with E-state index < -0.39 is 5.91 Å². The molecule has 0 bridgehead atoms. The van der Waals surface area contributed by atoms with E-state index in [1.54, 1.807) is 30.3 Å². The maximum Gasteiger partial charge on any atom is 0.293 e. The van der Waals surface area contributed by atoms with Crippen LogP contribution in [0.3, 0.4) is 0 Å². The van der Waals surface area contributed by atoms with Gasteiger partial charge in [0.2, 0.25) is 0 Å². The van der Waals surface area contributed by atoms with Crippen LogP contribution < -0.4 is 4.74 Å². The van der Waals surface area contributed by atoms with Gasteiger partial charge in [-0.2, -0.15) is 0 Å². The van der Waals surface area contributed by atoms with Crippen molar-refractivity contribution in [1.29, 1.82) is 0 Å². The summed E-state index contributed by atoms with van der Waals surface area (Å²) >= 11 is 6.85. The van der Waals surface area contributed by atoms with Gasteiger partial charge >= 0.3 is 0 Å².